The van der Waals surface area contributed by atoms with Crippen LogP contribution in [-0.4, -0.2) is 10.8 Å². The Morgan fingerprint density at radius 1 is 1.00 bits per heavy atom. The predicted molar refractivity (Wildman–Crippen MR) is 47.8 cm³/mol. The summed E-state index contributed by atoms with van der Waals surface area (Å²) in [5, 5.41) is 0. The molecular weight excluding hydrogens is 264 g/mol. The Morgan fingerprint density at radius 2 is 1.64 bits per heavy atom. The molecule has 14 heavy (non-hydrogen) atoms. The second kappa shape index (κ2) is 3.09. The van der Waals surface area contributed by atoms with Gasteiger partial charge in [0.15, 0.2) is 0 Å². The average Bonchev–Trinajstić information content (AvgIpc) is 2.61. The van der Waals surface area contributed by atoms with Crippen molar-refractivity contribution in [1.82, 2.24) is 0 Å². The quantitative estimate of drug-likeness (QED) is 0.527. The van der Waals surface area contributed by atoms with E-state index in [4.69, 9.17) is 0 Å². The van der Waals surface area contributed by atoms with Gasteiger partial charge in [0, 0.05) is 5.92 Å². The fourth-order valence-corrected chi connectivity index (χ4v) is 3.19. The van der Waals surface area contributed by atoms with Gasteiger partial charge in [0.25, 0.3) is 0 Å². The van der Waals surface area contributed by atoms with Crippen LogP contribution in [0.25, 0.3) is 0 Å². The number of alkyl halides is 5. The van der Waals surface area contributed by atoms with Crippen molar-refractivity contribution in [3.05, 3.63) is 0 Å². The summed E-state index contributed by atoms with van der Waals surface area (Å²) in [7, 11) is 0. The fourth-order valence-electron chi connectivity index (χ4n) is 2.90. The third-order valence-corrected chi connectivity index (χ3v) is 4.11. The van der Waals surface area contributed by atoms with E-state index < -0.39 is 16.7 Å². The van der Waals surface area contributed by atoms with Gasteiger partial charge >= 0.3 is 10.8 Å². The summed E-state index contributed by atoms with van der Waals surface area (Å²) in [6.45, 7) is 0. The van der Waals surface area contributed by atoms with Crippen LogP contribution in [0.5, 0.6) is 0 Å². The zero-order valence-electron chi connectivity index (χ0n) is 7.45. The summed E-state index contributed by atoms with van der Waals surface area (Å²) in [6, 6.07) is 0. The third-order valence-electron chi connectivity index (χ3n) is 3.58. The molecule has 0 N–H and O–H groups in total. The van der Waals surface area contributed by atoms with Gasteiger partial charge in [-0.25, -0.2) is 0 Å². The maximum absolute atomic E-state index is 13.3. The SMILES string of the molecule is FC(F)(Br)C(F)(F)C1CC2CCC1C2. The van der Waals surface area contributed by atoms with Crippen molar-refractivity contribution in [2.45, 2.75) is 36.4 Å². The highest BCUT2D eigenvalue weighted by atomic mass is 79.9. The smallest absolute Gasteiger partial charge is 0.198 e. The molecular formula is C9H11BrF4. The summed E-state index contributed by atoms with van der Waals surface area (Å²) in [5.74, 6) is -4.97. The first-order valence-corrected chi connectivity index (χ1v) is 5.56. The minimum absolute atomic E-state index is 0.196. The van der Waals surface area contributed by atoms with Gasteiger partial charge in [-0.1, -0.05) is 6.42 Å². The molecule has 0 heterocycles. The van der Waals surface area contributed by atoms with E-state index in [-0.39, 0.29) is 18.3 Å². The minimum Gasteiger partial charge on any atom is -0.198 e. The molecule has 2 rings (SSSR count). The van der Waals surface area contributed by atoms with E-state index in [2.05, 4.69) is 0 Å². The van der Waals surface area contributed by atoms with Crippen molar-refractivity contribution in [2.75, 3.05) is 0 Å². The summed E-state index contributed by atoms with van der Waals surface area (Å²) >= 11 is 1.80. The molecule has 0 radical (unpaired) electrons. The molecule has 2 bridgehead atoms. The van der Waals surface area contributed by atoms with E-state index in [1.165, 1.54) is 0 Å². The number of halogens is 5. The summed E-state index contributed by atoms with van der Waals surface area (Å²) in [4.78, 5) is -4.06. The standard InChI is InChI=1S/C9H11BrF4/c10-9(13,14)8(11,12)7-4-5-1-2-6(7)3-5/h5-7H,1-4H2. The van der Waals surface area contributed by atoms with E-state index in [1.807, 2.05) is 0 Å². The van der Waals surface area contributed by atoms with Crippen LogP contribution in [0.15, 0.2) is 0 Å². The van der Waals surface area contributed by atoms with E-state index in [1.54, 1.807) is 15.9 Å². The van der Waals surface area contributed by atoms with Gasteiger partial charge < -0.3 is 0 Å². The lowest BCUT2D eigenvalue weighted by molar-refractivity contribution is -0.191. The highest BCUT2D eigenvalue weighted by molar-refractivity contribution is 9.10. The van der Waals surface area contributed by atoms with Crippen LogP contribution in [0.3, 0.4) is 0 Å². The molecule has 0 aromatic carbocycles. The molecule has 2 saturated carbocycles. The Balaban J connectivity index is 2.16. The number of hydrogen-bond acceptors (Lipinski definition) is 0. The van der Waals surface area contributed by atoms with Gasteiger partial charge in [0.1, 0.15) is 0 Å². The van der Waals surface area contributed by atoms with Gasteiger partial charge in [0.05, 0.1) is 0 Å². The van der Waals surface area contributed by atoms with Crippen molar-refractivity contribution in [3.63, 3.8) is 0 Å². The lowest BCUT2D eigenvalue weighted by Gasteiger charge is -2.32. The van der Waals surface area contributed by atoms with Crippen LogP contribution in [0, 0.1) is 17.8 Å². The minimum atomic E-state index is -4.06. The maximum atomic E-state index is 13.3. The number of hydrogen-bond donors (Lipinski definition) is 0. The van der Waals surface area contributed by atoms with Gasteiger partial charge in [-0.05, 0) is 47.0 Å². The first-order chi connectivity index (χ1) is 6.32. The second-order valence-electron chi connectivity index (χ2n) is 4.40. The van der Waals surface area contributed by atoms with Crippen LogP contribution in [0.2, 0.25) is 0 Å². The van der Waals surface area contributed by atoms with E-state index in [9.17, 15) is 17.6 Å². The summed E-state index contributed by atoms with van der Waals surface area (Å²) < 4.78 is 51.9. The topological polar surface area (TPSA) is 0 Å². The molecule has 0 aliphatic heterocycles. The molecule has 0 saturated heterocycles. The van der Waals surface area contributed by atoms with Crippen molar-refractivity contribution < 1.29 is 17.6 Å². The van der Waals surface area contributed by atoms with Crippen LogP contribution in [0.1, 0.15) is 25.7 Å². The Bertz CT molecular complexity index is 235. The van der Waals surface area contributed by atoms with Crippen LogP contribution in [-0.2, 0) is 0 Å². The molecule has 5 heteroatoms. The lowest BCUT2D eigenvalue weighted by Crippen LogP contribution is -2.44. The molecule has 0 spiro atoms. The number of rotatable bonds is 2. The van der Waals surface area contributed by atoms with Crippen molar-refractivity contribution >= 4 is 15.9 Å². The molecule has 2 aliphatic carbocycles. The highest BCUT2D eigenvalue weighted by Crippen LogP contribution is 2.58. The molecule has 0 amide bonds. The first-order valence-electron chi connectivity index (χ1n) is 4.77. The molecule has 3 atom stereocenters. The van der Waals surface area contributed by atoms with Crippen molar-refractivity contribution in [1.29, 1.82) is 0 Å². The van der Waals surface area contributed by atoms with Crippen LogP contribution in [0.4, 0.5) is 17.6 Å². The van der Waals surface area contributed by atoms with Crippen molar-refractivity contribution in [2.24, 2.45) is 17.8 Å². The zero-order chi connectivity index (χ0) is 10.6. The lowest BCUT2D eigenvalue weighted by atomic mass is 9.84. The van der Waals surface area contributed by atoms with Gasteiger partial charge in [-0.2, -0.15) is 17.6 Å². The maximum Gasteiger partial charge on any atom is 0.363 e. The average molecular weight is 275 g/mol. The van der Waals surface area contributed by atoms with Crippen LogP contribution >= 0.6 is 15.9 Å². The van der Waals surface area contributed by atoms with Gasteiger partial charge in [-0.15, -0.1) is 0 Å². The molecule has 0 aromatic rings. The monoisotopic (exact) mass is 274 g/mol. The largest absolute Gasteiger partial charge is 0.363 e. The van der Waals surface area contributed by atoms with Gasteiger partial charge in [0.2, 0.25) is 0 Å². The first kappa shape index (κ1) is 10.7. The highest BCUT2D eigenvalue weighted by Gasteiger charge is 2.63. The molecule has 0 aromatic heterocycles. The van der Waals surface area contributed by atoms with Crippen molar-refractivity contribution in [3.8, 4) is 0 Å². The molecule has 2 fully saturated rings. The Hall–Kier alpha value is 0.200. The van der Waals surface area contributed by atoms with E-state index >= 15 is 0 Å². The summed E-state index contributed by atoms with van der Waals surface area (Å²) in [6.07, 6.45) is 2.60. The molecule has 2 aliphatic rings. The van der Waals surface area contributed by atoms with Crippen LogP contribution < -0.4 is 0 Å². The third kappa shape index (κ3) is 1.48. The normalized spacial score (nSPS) is 37.9. The summed E-state index contributed by atoms with van der Waals surface area (Å²) in [5.41, 5.74) is 0. The molecule has 3 unspecified atom stereocenters. The fraction of sp³-hybridized carbons (Fsp3) is 1.00. The number of fused-ring (bicyclic) bond motifs is 2. The van der Waals surface area contributed by atoms with E-state index in [0.717, 1.165) is 6.42 Å². The molecule has 82 valence electrons. The van der Waals surface area contributed by atoms with Gasteiger partial charge in [-0.3, -0.25) is 0 Å². The zero-order valence-corrected chi connectivity index (χ0v) is 9.04. The molecule has 0 nitrogen and oxygen atoms in total. The Morgan fingerprint density at radius 3 is 2.00 bits per heavy atom. The second-order valence-corrected chi connectivity index (χ2v) is 5.40. The predicted octanol–water partition coefficient (Wildman–Crippen LogP) is 4.05. The van der Waals surface area contributed by atoms with E-state index in [0.29, 0.717) is 12.8 Å². The Kier molecular flexibility index (Phi) is 2.37. The Labute approximate surface area is 88.2 Å².